The van der Waals surface area contributed by atoms with Gasteiger partial charge in [0.05, 0.1) is 12.0 Å². The molecular weight excluding hydrogens is 322 g/mol. The van der Waals surface area contributed by atoms with Gasteiger partial charge in [0.2, 0.25) is 0 Å². The van der Waals surface area contributed by atoms with E-state index in [0.29, 0.717) is 6.54 Å². The van der Waals surface area contributed by atoms with E-state index in [1.165, 1.54) is 11.9 Å². The summed E-state index contributed by atoms with van der Waals surface area (Å²) in [6, 6.07) is 7.77. The number of carbonyl (C=O) groups is 1. The summed E-state index contributed by atoms with van der Waals surface area (Å²) >= 11 is 1.49. The minimum absolute atomic E-state index is 0.0846. The number of para-hydroxylation sites is 1. The topological polar surface area (TPSA) is 53.6 Å². The van der Waals surface area contributed by atoms with Gasteiger partial charge >= 0.3 is 6.03 Å². The number of likely N-dealkylation sites (N-methyl/N-ethyl adjacent to an activating group) is 1. The fourth-order valence-corrected chi connectivity index (χ4v) is 3.06. The molecule has 1 saturated heterocycles. The van der Waals surface area contributed by atoms with Crippen LogP contribution in [0.15, 0.2) is 64.4 Å². The Hall–Kier alpha value is -2.34. The van der Waals surface area contributed by atoms with Crippen molar-refractivity contribution in [3.05, 3.63) is 59.5 Å². The monoisotopic (exact) mass is 345 g/mol. The Morgan fingerprint density at radius 1 is 1.38 bits per heavy atom. The van der Waals surface area contributed by atoms with Crippen molar-refractivity contribution >= 4 is 18.0 Å². The highest BCUT2D eigenvalue weighted by atomic mass is 32.2. The van der Waals surface area contributed by atoms with Gasteiger partial charge in [0.1, 0.15) is 5.75 Å². The minimum Gasteiger partial charge on any atom is -0.496 e. The second kappa shape index (κ2) is 8.49. The van der Waals surface area contributed by atoms with Gasteiger partial charge in [0.15, 0.2) is 0 Å². The van der Waals surface area contributed by atoms with Crippen LogP contribution in [0.25, 0.3) is 0 Å². The molecule has 0 atom stereocenters. The molecule has 6 heteroatoms. The average Bonchev–Trinajstić information content (AvgIpc) is 2.61. The molecule has 1 aliphatic heterocycles. The van der Waals surface area contributed by atoms with Crippen molar-refractivity contribution in [2.75, 3.05) is 20.7 Å². The van der Waals surface area contributed by atoms with E-state index in [2.05, 4.69) is 10.0 Å². The number of rotatable bonds is 5. The summed E-state index contributed by atoms with van der Waals surface area (Å²) in [4.78, 5) is 14.4. The Labute approximate surface area is 147 Å². The van der Waals surface area contributed by atoms with E-state index in [0.717, 1.165) is 27.6 Å². The quantitative estimate of drug-likeness (QED) is 0.800. The first-order valence-electron chi connectivity index (χ1n) is 7.70. The first-order chi connectivity index (χ1) is 11.6. The van der Waals surface area contributed by atoms with Crippen molar-refractivity contribution in [2.45, 2.75) is 18.7 Å². The lowest BCUT2D eigenvalue weighted by Gasteiger charge is -2.28. The highest BCUT2D eigenvalue weighted by Gasteiger charge is 2.21. The highest BCUT2D eigenvalue weighted by Crippen LogP contribution is 2.27. The maximum absolute atomic E-state index is 11.7. The van der Waals surface area contributed by atoms with Gasteiger partial charge in [-0.1, -0.05) is 24.3 Å². The number of hydrogen-bond acceptors (Lipinski definition) is 4. The first kappa shape index (κ1) is 18.0. The Bertz CT molecular complexity index is 695. The van der Waals surface area contributed by atoms with E-state index < -0.39 is 0 Å². The number of nitrogens with one attached hydrogen (secondary N) is 2. The summed E-state index contributed by atoms with van der Waals surface area (Å²) in [5.41, 5.74) is 2.87. The van der Waals surface area contributed by atoms with Crippen LogP contribution < -0.4 is 14.8 Å². The molecule has 1 aromatic carbocycles. The second-order valence-corrected chi connectivity index (χ2v) is 6.11. The molecule has 2 rings (SSSR count). The average molecular weight is 345 g/mol. The Morgan fingerprint density at radius 2 is 2.12 bits per heavy atom. The molecule has 0 bridgehead atoms. The fourth-order valence-electron chi connectivity index (χ4n) is 2.26. The molecule has 0 radical (unpaired) electrons. The molecule has 24 heavy (non-hydrogen) atoms. The van der Waals surface area contributed by atoms with Crippen LogP contribution >= 0.6 is 11.9 Å². The van der Waals surface area contributed by atoms with Crippen LogP contribution in [0.5, 0.6) is 5.75 Å². The lowest BCUT2D eigenvalue weighted by molar-refractivity contribution is 0.211. The van der Waals surface area contributed by atoms with Gasteiger partial charge in [0.25, 0.3) is 0 Å². The second-order valence-electron chi connectivity index (χ2n) is 5.26. The predicted molar refractivity (Wildman–Crippen MR) is 98.7 cm³/mol. The van der Waals surface area contributed by atoms with E-state index in [1.54, 1.807) is 19.1 Å². The molecule has 128 valence electrons. The van der Waals surface area contributed by atoms with E-state index in [9.17, 15) is 4.79 Å². The summed E-state index contributed by atoms with van der Waals surface area (Å²) in [5, 5.41) is 2.89. The van der Waals surface area contributed by atoms with Crippen LogP contribution in [-0.4, -0.2) is 31.6 Å². The molecule has 5 nitrogen and oxygen atoms in total. The summed E-state index contributed by atoms with van der Waals surface area (Å²) in [6.07, 6.45) is 5.96. The van der Waals surface area contributed by atoms with Gasteiger partial charge in [-0.3, -0.25) is 0 Å². The zero-order chi connectivity index (χ0) is 17.5. The van der Waals surface area contributed by atoms with Gasteiger partial charge in [-0.2, -0.15) is 0 Å². The molecule has 0 aromatic heterocycles. The predicted octanol–water partition coefficient (Wildman–Crippen LogP) is 3.68. The van der Waals surface area contributed by atoms with Crippen LogP contribution in [-0.2, 0) is 0 Å². The van der Waals surface area contributed by atoms with E-state index in [-0.39, 0.29) is 6.03 Å². The summed E-state index contributed by atoms with van der Waals surface area (Å²) in [5.74, 6) is 0.830. The maximum Gasteiger partial charge on any atom is 0.321 e. The first-order valence-corrected chi connectivity index (χ1v) is 8.52. The Morgan fingerprint density at radius 3 is 2.79 bits per heavy atom. The fraction of sp³-hybridized carbons (Fsp3) is 0.278. The summed E-state index contributed by atoms with van der Waals surface area (Å²) in [6.45, 7) is 4.47. The number of urea groups is 1. The van der Waals surface area contributed by atoms with Crippen LogP contribution in [0, 0.1) is 0 Å². The number of ether oxygens (including phenoxy) is 1. The third-order valence-corrected chi connectivity index (χ3v) is 4.51. The normalized spacial score (nSPS) is 18.8. The van der Waals surface area contributed by atoms with E-state index in [1.807, 2.05) is 56.3 Å². The molecule has 2 amide bonds. The molecule has 0 aliphatic carbocycles. The number of amides is 2. The van der Waals surface area contributed by atoms with Crippen LogP contribution in [0.3, 0.4) is 0 Å². The molecule has 1 aliphatic rings. The Kier molecular flexibility index (Phi) is 6.37. The summed E-state index contributed by atoms with van der Waals surface area (Å²) in [7, 11) is 3.44. The van der Waals surface area contributed by atoms with Gasteiger partial charge in [0, 0.05) is 25.0 Å². The number of carbonyl (C=O) groups excluding carboxylic acids is 1. The van der Waals surface area contributed by atoms with Gasteiger partial charge in [-0.15, -0.1) is 0 Å². The Balaban J connectivity index is 2.13. The third kappa shape index (κ3) is 4.35. The van der Waals surface area contributed by atoms with Crippen molar-refractivity contribution < 1.29 is 9.53 Å². The highest BCUT2D eigenvalue weighted by molar-refractivity contribution is 7.97. The van der Waals surface area contributed by atoms with Gasteiger partial charge < -0.3 is 19.7 Å². The summed E-state index contributed by atoms with van der Waals surface area (Å²) < 4.78 is 8.70. The van der Waals surface area contributed by atoms with Crippen molar-refractivity contribution in [2.24, 2.45) is 0 Å². The SMILES string of the molecule is C\C=C(/C=C1/CN(C)C(=O)N/C1=C/C)NSc1ccccc1OC. The van der Waals surface area contributed by atoms with Crippen LogP contribution in [0.1, 0.15) is 13.8 Å². The maximum atomic E-state index is 11.7. The largest absolute Gasteiger partial charge is 0.496 e. The minimum atomic E-state index is -0.0846. The number of allylic oxidation sites excluding steroid dienone is 3. The molecule has 0 unspecified atom stereocenters. The molecule has 1 heterocycles. The lowest BCUT2D eigenvalue weighted by atomic mass is 10.1. The number of hydrogen-bond donors (Lipinski definition) is 2. The van der Waals surface area contributed by atoms with Crippen LogP contribution in [0.4, 0.5) is 4.79 Å². The van der Waals surface area contributed by atoms with Crippen LogP contribution in [0.2, 0.25) is 0 Å². The molecule has 0 saturated carbocycles. The third-order valence-electron chi connectivity index (χ3n) is 3.62. The lowest BCUT2D eigenvalue weighted by Crippen LogP contribution is -2.44. The number of nitrogens with zero attached hydrogens (tertiary/aromatic N) is 1. The van der Waals surface area contributed by atoms with Crippen molar-refractivity contribution in [1.82, 2.24) is 14.9 Å². The zero-order valence-electron chi connectivity index (χ0n) is 14.4. The molecule has 2 N–H and O–H groups in total. The van der Waals surface area contributed by atoms with Crippen molar-refractivity contribution in [3.8, 4) is 5.75 Å². The molecule has 1 fully saturated rings. The van der Waals surface area contributed by atoms with Crippen molar-refractivity contribution in [3.63, 3.8) is 0 Å². The molecule has 1 aromatic rings. The van der Waals surface area contributed by atoms with Gasteiger partial charge in [-0.05, 0) is 49.6 Å². The smallest absolute Gasteiger partial charge is 0.321 e. The number of methoxy groups -OCH3 is 1. The van der Waals surface area contributed by atoms with Gasteiger partial charge in [-0.25, -0.2) is 4.79 Å². The molecule has 0 spiro atoms. The molecular formula is C18H23N3O2S. The number of benzene rings is 1. The van der Waals surface area contributed by atoms with E-state index >= 15 is 0 Å². The van der Waals surface area contributed by atoms with E-state index in [4.69, 9.17) is 4.74 Å². The zero-order valence-corrected chi connectivity index (χ0v) is 15.2. The van der Waals surface area contributed by atoms with Crippen molar-refractivity contribution in [1.29, 1.82) is 0 Å². The standard InChI is InChI=1S/C18H23N3O2S/c1-5-14(20-24-17-10-8-7-9-16(17)23-4)11-13-12-21(3)18(22)19-15(13)6-2/h5-11,20H,12H2,1-4H3,(H,19,22)/b13-11-,14-5+,15-6+.